The van der Waals surface area contributed by atoms with E-state index in [4.69, 9.17) is 0 Å². The number of fused-ring (bicyclic) bond motifs is 1. The van der Waals surface area contributed by atoms with Crippen molar-refractivity contribution in [2.24, 2.45) is 0 Å². The van der Waals surface area contributed by atoms with E-state index in [0.717, 1.165) is 29.6 Å². The summed E-state index contributed by atoms with van der Waals surface area (Å²) in [6.45, 7) is 2.76. The van der Waals surface area contributed by atoms with Crippen LogP contribution in [0.5, 0.6) is 0 Å². The van der Waals surface area contributed by atoms with Crippen LogP contribution in [0.4, 0.5) is 11.6 Å². The number of nitrogens with zero attached hydrogens (tertiary/aromatic N) is 2. The van der Waals surface area contributed by atoms with E-state index < -0.39 is 0 Å². The van der Waals surface area contributed by atoms with Crippen LogP contribution in [0, 0.1) is 6.92 Å². The number of carbonyl (C=O) groups is 1. The molecule has 0 saturated heterocycles. The molecular formula is C23H23N5O. The topological polar surface area (TPSA) is 82.7 Å². The van der Waals surface area contributed by atoms with E-state index in [1.807, 2.05) is 55.6 Å². The fourth-order valence-corrected chi connectivity index (χ4v) is 3.35. The highest BCUT2D eigenvalue weighted by atomic mass is 16.1. The van der Waals surface area contributed by atoms with Crippen LogP contribution in [0.1, 0.15) is 16.7 Å². The van der Waals surface area contributed by atoms with Crippen LogP contribution >= 0.6 is 0 Å². The van der Waals surface area contributed by atoms with Crippen molar-refractivity contribution in [1.29, 1.82) is 0 Å². The third-order valence-corrected chi connectivity index (χ3v) is 4.75. The first-order valence-electron chi connectivity index (χ1n) is 9.65. The molecule has 0 bridgehead atoms. The van der Waals surface area contributed by atoms with E-state index in [9.17, 15) is 4.79 Å². The largest absolute Gasteiger partial charge is 0.368 e. The van der Waals surface area contributed by atoms with Crippen LogP contribution < -0.4 is 10.6 Å². The first-order chi connectivity index (χ1) is 14.2. The summed E-state index contributed by atoms with van der Waals surface area (Å²) in [5.41, 5.74) is 4.53. The number of amides is 1. The van der Waals surface area contributed by atoms with Gasteiger partial charge < -0.3 is 15.6 Å². The maximum atomic E-state index is 12.2. The summed E-state index contributed by atoms with van der Waals surface area (Å²) < 4.78 is 0. The van der Waals surface area contributed by atoms with Gasteiger partial charge in [-0.15, -0.1) is 10.2 Å². The van der Waals surface area contributed by atoms with E-state index in [2.05, 4.69) is 37.9 Å². The van der Waals surface area contributed by atoms with Gasteiger partial charge in [-0.25, -0.2) is 0 Å². The zero-order valence-corrected chi connectivity index (χ0v) is 16.3. The van der Waals surface area contributed by atoms with Crippen molar-refractivity contribution >= 4 is 28.4 Å². The summed E-state index contributed by atoms with van der Waals surface area (Å²) in [6.07, 6.45) is 3.24. The van der Waals surface area contributed by atoms with Gasteiger partial charge in [0.1, 0.15) is 5.82 Å². The Hall–Kier alpha value is -3.67. The number of benzene rings is 2. The number of H-pyrrole nitrogens is 1. The van der Waals surface area contributed by atoms with Gasteiger partial charge in [-0.05, 0) is 42.7 Å². The number of hydrogen-bond acceptors (Lipinski definition) is 4. The summed E-state index contributed by atoms with van der Waals surface area (Å²) in [4.78, 5) is 15.5. The van der Waals surface area contributed by atoms with E-state index in [0.29, 0.717) is 18.1 Å². The van der Waals surface area contributed by atoms with Crippen LogP contribution in [0.25, 0.3) is 10.9 Å². The summed E-state index contributed by atoms with van der Waals surface area (Å²) in [5.74, 6) is 1.02. The summed E-state index contributed by atoms with van der Waals surface area (Å²) in [6, 6.07) is 19.8. The molecule has 2 aromatic carbocycles. The minimum atomic E-state index is -0.107. The van der Waals surface area contributed by atoms with Gasteiger partial charge in [0.15, 0.2) is 5.82 Å². The van der Waals surface area contributed by atoms with Crippen LogP contribution in [0.15, 0.2) is 66.9 Å². The van der Waals surface area contributed by atoms with Crippen LogP contribution in [0.2, 0.25) is 0 Å². The fraction of sp³-hybridized carbons (Fsp3) is 0.174. The highest BCUT2D eigenvalue weighted by Crippen LogP contribution is 2.18. The Morgan fingerprint density at radius 2 is 1.83 bits per heavy atom. The molecule has 0 spiro atoms. The Balaban J connectivity index is 1.28. The molecule has 0 aliphatic heterocycles. The molecule has 2 heterocycles. The highest BCUT2D eigenvalue weighted by molar-refractivity contribution is 5.91. The van der Waals surface area contributed by atoms with Crippen LogP contribution in [-0.2, 0) is 17.6 Å². The van der Waals surface area contributed by atoms with Crippen molar-refractivity contribution in [3.63, 3.8) is 0 Å². The van der Waals surface area contributed by atoms with Crippen LogP contribution in [0.3, 0.4) is 0 Å². The summed E-state index contributed by atoms with van der Waals surface area (Å²) in [5, 5.41) is 15.6. The van der Waals surface area contributed by atoms with Crippen molar-refractivity contribution in [3.8, 4) is 0 Å². The molecule has 0 aliphatic carbocycles. The quantitative estimate of drug-likeness (QED) is 0.447. The predicted molar refractivity (Wildman–Crippen MR) is 116 cm³/mol. The number of aromatic nitrogens is 3. The van der Waals surface area contributed by atoms with Crippen LogP contribution in [-0.4, -0.2) is 27.6 Å². The second-order valence-electron chi connectivity index (χ2n) is 7.05. The molecule has 6 heteroatoms. The van der Waals surface area contributed by atoms with Gasteiger partial charge in [0.05, 0.1) is 6.42 Å². The average molecular weight is 385 g/mol. The Morgan fingerprint density at radius 1 is 1.00 bits per heavy atom. The van der Waals surface area contributed by atoms with E-state index in [1.54, 1.807) is 6.07 Å². The van der Waals surface area contributed by atoms with E-state index in [-0.39, 0.29) is 5.91 Å². The lowest BCUT2D eigenvalue weighted by atomic mass is 10.1. The van der Waals surface area contributed by atoms with Crippen molar-refractivity contribution in [2.75, 3.05) is 17.2 Å². The summed E-state index contributed by atoms with van der Waals surface area (Å²) in [7, 11) is 0. The molecule has 29 heavy (non-hydrogen) atoms. The molecule has 0 atom stereocenters. The Labute approximate surface area is 169 Å². The first kappa shape index (κ1) is 18.7. The van der Waals surface area contributed by atoms with Crippen molar-refractivity contribution in [1.82, 2.24) is 15.2 Å². The number of nitrogens with one attached hydrogen (secondary N) is 3. The normalized spacial score (nSPS) is 10.8. The zero-order chi connectivity index (χ0) is 20.1. The van der Waals surface area contributed by atoms with Gasteiger partial charge in [0.2, 0.25) is 5.91 Å². The molecular weight excluding hydrogens is 362 g/mol. The number of aryl methyl sites for hydroxylation is 1. The second kappa shape index (κ2) is 8.56. The number of aromatic amines is 1. The minimum absolute atomic E-state index is 0.107. The molecule has 2 aromatic heterocycles. The number of hydrogen-bond donors (Lipinski definition) is 3. The van der Waals surface area contributed by atoms with Gasteiger partial charge in [-0.2, -0.15) is 0 Å². The summed E-state index contributed by atoms with van der Waals surface area (Å²) >= 11 is 0. The molecule has 4 aromatic rings. The lowest BCUT2D eigenvalue weighted by Crippen LogP contribution is -2.16. The molecule has 0 unspecified atom stereocenters. The zero-order valence-electron chi connectivity index (χ0n) is 16.3. The lowest BCUT2D eigenvalue weighted by Gasteiger charge is -2.07. The molecule has 0 saturated carbocycles. The predicted octanol–water partition coefficient (Wildman–Crippen LogP) is 4.10. The average Bonchev–Trinajstić information content (AvgIpc) is 3.12. The molecule has 0 fully saturated rings. The Bertz CT molecular complexity index is 1120. The van der Waals surface area contributed by atoms with Gasteiger partial charge >= 0.3 is 0 Å². The molecule has 6 nitrogen and oxygen atoms in total. The Morgan fingerprint density at radius 3 is 2.66 bits per heavy atom. The number of para-hydroxylation sites is 1. The molecule has 3 N–H and O–H groups in total. The van der Waals surface area contributed by atoms with Gasteiger partial charge in [-0.3, -0.25) is 4.79 Å². The van der Waals surface area contributed by atoms with Gasteiger partial charge in [0.25, 0.3) is 0 Å². The third kappa shape index (κ3) is 4.79. The highest BCUT2D eigenvalue weighted by Gasteiger charge is 2.07. The van der Waals surface area contributed by atoms with E-state index in [1.165, 1.54) is 10.9 Å². The molecule has 4 rings (SSSR count). The second-order valence-corrected chi connectivity index (χ2v) is 7.05. The van der Waals surface area contributed by atoms with Gasteiger partial charge in [-0.1, -0.05) is 48.0 Å². The first-order valence-corrected chi connectivity index (χ1v) is 9.65. The van der Waals surface area contributed by atoms with Crippen molar-refractivity contribution < 1.29 is 4.79 Å². The van der Waals surface area contributed by atoms with Crippen molar-refractivity contribution in [3.05, 3.63) is 83.6 Å². The van der Waals surface area contributed by atoms with Gasteiger partial charge in [0, 0.05) is 23.6 Å². The van der Waals surface area contributed by atoms with Crippen molar-refractivity contribution in [2.45, 2.75) is 19.8 Å². The maximum Gasteiger partial charge on any atom is 0.229 e. The fourth-order valence-electron chi connectivity index (χ4n) is 3.35. The molecule has 146 valence electrons. The number of anilines is 2. The molecule has 0 radical (unpaired) electrons. The van der Waals surface area contributed by atoms with E-state index >= 15 is 0 Å². The standard InChI is InChI=1S/C23H23N5O/c1-16-5-4-6-17(13-16)14-23(29)26-22-10-9-21(27-28-22)24-12-11-18-15-25-20-8-3-2-7-19(18)20/h2-10,13,15,25H,11-12,14H2,1H3,(H,24,27)(H,26,28,29). The molecule has 0 aliphatic rings. The SMILES string of the molecule is Cc1cccc(CC(=O)Nc2ccc(NCCc3c[nH]c4ccccc34)nn2)c1. The third-order valence-electron chi connectivity index (χ3n) is 4.75. The Kier molecular flexibility index (Phi) is 5.52. The number of rotatable bonds is 7. The maximum absolute atomic E-state index is 12.2. The smallest absolute Gasteiger partial charge is 0.229 e. The monoisotopic (exact) mass is 385 g/mol. The lowest BCUT2D eigenvalue weighted by molar-refractivity contribution is -0.115. The minimum Gasteiger partial charge on any atom is -0.368 e. The molecule has 1 amide bonds. The number of carbonyl (C=O) groups excluding carboxylic acids is 1.